The zero-order valence-corrected chi connectivity index (χ0v) is 8.89. The minimum atomic E-state index is -0.244. The maximum atomic E-state index is 12.8. The van der Waals surface area contributed by atoms with Gasteiger partial charge in [-0.3, -0.25) is 0 Å². The third kappa shape index (κ3) is 2.11. The summed E-state index contributed by atoms with van der Waals surface area (Å²) in [6.45, 7) is 0. The van der Waals surface area contributed by atoms with Gasteiger partial charge in [-0.25, -0.2) is 9.37 Å². The molecule has 2 N–H and O–H groups in total. The Kier molecular flexibility index (Phi) is 2.72. The molecule has 0 bridgehead atoms. The molecule has 0 fully saturated rings. The van der Waals surface area contributed by atoms with E-state index in [1.807, 2.05) is 18.0 Å². The highest BCUT2D eigenvalue weighted by atomic mass is 19.1. The van der Waals surface area contributed by atoms with Crippen LogP contribution >= 0.6 is 0 Å². The van der Waals surface area contributed by atoms with Crippen molar-refractivity contribution in [3.8, 4) is 0 Å². The molecule has 0 atom stereocenters. The first-order chi connectivity index (χ1) is 7.66. The Labute approximate surface area is 93.3 Å². The predicted molar refractivity (Wildman–Crippen MR) is 63.1 cm³/mol. The number of aromatic nitrogens is 1. The van der Waals surface area contributed by atoms with Crippen molar-refractivity contribution in [2.75, 3.05) is 17.7 Å². The van der Waals surface area contributed by atoms with Gasteiger partial charge in [0.25, 0.3) is 0 Å². The van der Waals surface area contributed by atoms with Crippen LogP contribution in [0.15, 0.2) is 42.6 Å². The largest absolute Gasteiger partial charge is 0.384 e. The maximum Gasteiger partial charge on any atom is 0.125 e. The highest BCUT2D eigenvalue weighted by Gasteiger charge is 2.04. The first-order valence-corrected chi connectivity index (χ1v) is 4.87. The van der Waals surface area contributed by atoms with E-state index in [2.05, 4.69) is 4.98 Å². The highest BCUT2D eigenvalue weighted by Crippen LogP contribution is 2.23. The number of hydrogen-bond acceptors (Lipinski definition) is 3. The fraction of sp³-hybridized carbons (Fsp3) is 0.0833. The fourth-order valence-electron chi connectivity index (χ4n) is 1.46. The molecular weight excluding hydrogens is 205 g/mol. The average Bonchev–Trinajstić information content (AvgIpc) is 2.29. The van der Waals surface area contributed by atoms with Gasteiger partial charge in [0.1, 0.15) is 11.6 Å². The lowest BCUT2D eigenvalue weighted by Crippen LogP contribution is -2.09. The molecule has 0 spiro atoms. The molecule has 0 amide bonds. The van der Waals surface area contributed by atoms with E-state index >= 15 is 0 Å². The van der Waals surface area contributed by atoms with E-state index in [1.54, 1.807) is 24.4 Å². The molecule has 0 aliphatic rings. The van der Waals surface area contributed by atoms with Crippen molar-refractivity contribution in [2.45, 2.75) is 0 Å². The fourth-order valence-corrected chi connectivity index (χ4v) is 1.46. The Bertz CT molecular complexity index is 482. The van der Waals surface area contributed by atoms with Gasteiger partial charge in [0, 0.05) is 30.7 Å². The van der Waals surface area contributed by atoms with E-state index in [-0.39, 0.29) is 5.82 Å². The van der Waals surface area contributed by atoms with Crippen LogP contribution in [0.25, 0.3) is 0 Å². The van der Waals surface area contributed by atoms with E-state index in [0.717, 1.165) is 11.4 Å². The van der Waals surface area contributed by atoms with E-state index in [0.29, 0.717) is 5.82 Å². The monoisotopic (exact) mass is 217 g/mol. The van der Waals surface area contributed by atoms with E-state index in [1.165, 1.54) is 12.1 Å². The van der Waals surface area contributed by atoms with Gasteiger partial charge >= 0.3 is 0 Å². The van der Waals surface area contributed by atoms with Gasteiger partial charge in [-0.1, -0.05) is 0 Å². The van der Waals surface area contributed by atoms with Crippen molar-refractivity contribution in [3.63, 3.8) is 0 Å². The number of benzene rings is 1. The van der Waals surface area contributed by atoms with Crippen molar-refractivity contribution in [1.82, 2.24) is 4.98 Å². The zero-order chi connectivity index (χ0) is 11.5. The topological polar surface area (TPSA) is 42.2 Å². The van der Waals surface area contributed by atoms with Crippen LogP contribution in [0.2, 0.25) is 0 Å². The molecule has 0 saturated carbocycles. The second kappa shape index (κ2) is 4.18. The summed E-state index contributed by atoms with van der Waals surface area (Å²) in [5.74, 6) is 0.220. The van der Waals surface area contributed by atoms with Crippen LogP contribution in [0.1, 0.15) is 0 Å². The summed E-state index contributed by atoms with van der Waals surface area (Å²) in [5.41, 5.74) is 7.41. The molecule has 4 heteroatoms. The van der Waals surface area contributed by atoms with Gasteiger partial charge in [-0.05, 0) is 30.3 Å². The molecule has 0 unspecified atom stereocenters. The van der Waals surface area contributed by atoms with Crippen molar-refractivity contribution in [3.05, 3.63) is 48.4 Å². The Morgan fingerprint density at radius 1 is 1.12 bits per heavy atom. The molecule has 0 saturated heterocycles. The second-order valence-corrected chi connectivity index (χ2v) is 3.47. The maximum absolute atomic E-state index is 12.8. The second-order valence-electron chi connectivity index (χ2n) is 3.47. The lowest BCUT2D eigenvalue weighted by Gasteiger charge is -2.19. The molecule has 0 radical (unpaired) electrons. The number of anilines is 3. The zero-order valence-electron chi connectivity index (χ0n) is 8.89. The van der Waals surface area contributed by atoms with Crippen LogP contribution in [0.5, 0.6) is 0 Å². The van der Waals surface area contributed by atoms with Crippen molar-refractivity contribution in [2.24, 2.45) is 0 Å². The molecule has 3 nitrogen and oxygen atoms in total. The number of hydrogen-bond donors (Lipinski definition) is 1. The Morgan fingerprint density at radius 3 is 2.44 bits per heavy atom. The molecule has 1 aromatic heterocycles. The van der Waals surface area contributed by atoms with Gasteiger partial charge in [0.15, 0.2) is 0 Å². The molecule has 16 heavy (non-hydrogen) atoms. The third-order valence-corrected chi connectivity index (χ3v) is 2.37. The molecule has 0 aliphatic heterocycles. The number of nitrogens with two attached hydrogens (primary N) is 1. The summed E-state index contributed by atoms with van der Waals surface area (Å²) in [4.78, 5) is 5.84. The minimum Gasteiger partial charge on any atom is -0.384 e. The van der Waals surface area contributed by atoms with Crippen LogP contribution in [0, 0.1) is 5.82 Å². The lowest BCUT2D eigenvalue weighted by atomic mass is 10.2. The first-order valence-electron chi connectivity index (χ1n) is 4.87. The Morgan fingerprint density at radius 2 is 1.81 bits per heavy atom. The Balaban J connectivity index is 2.31. The normalized spacial score (nSPS) is 10.1. The van der Waals surface area contributed by atoms with Gasteiger partial charge < -0.3 is 10.6 Å². The smallest absolute Gasteiger partial charge is 0.125 e. The standard InChI is InChI=1S/C12H12FN3/c1-16(10-4-2-9(13)3-5-10)11-6-7-15-12(14)8-11/h2-8H,1H3,(H2,14,15). The summed E-state index contributed by atoms with van der Waals surface area (Å²) in [5, 5.41) is 0. The van der Waals surface area contributed by atoms with Gasteiger partial charge in [-0.2, -0.15) is 0 Å². The van der Waals surface area contributed by atoms with Crippen molar-refractivity contribution < 1.29 is 4.39 Å². The van der Waals surface area contributed by atoms with Crippen molar-refractivity contribution >= 4 is 17.2 Å². The summed E-state index contributed by atoms with van der Waals surface area (Å²) < 4.78 is 12.8. The average molecular weight is 217 g/mol. The molecule has 2 aromatic rings. The number of rotatable bonds is 2. The Hall–Kier alpha value is -2.10. The van der Waals surface area contributed by atoms with Crippen LogP contribution in [0.4, 0.5) is 21.6 Å². The molecule has 82 valence electrons. The summed E-state index contributed by atoms with van der Waals surface area (Å²) in [7, 11) is 1.89. The summed E-state index contributed by atoms with van der Waals surface area (Å²) >= 11 is 0. The number of nitrogen functional groups attached to an aromatic ring is 1. The quantitative estimate of drug-likeness (QED) is 0.840. The SMILES string of the molecule is CN(c1ccc(F)cc1)c1ccnc(N)c1. The third-order valence-electron chi connectivity index (χ3n) is 2.37. The first kappa shape index (κ1) is 10.4. The van der Waals surface area contributed by atoms with E-state index in [9.17, 15) is 4.39 Å². The minimum absolute atomic E-state index is 0.244. The van der Waals surface area contributed by atoms with Gasteiger partial charge in [0.05, 0.1) is 0 Å². The highest BCUT2D eigenvalue weighted by molar-refractivity contribution is 5.64. The van der Waals surface area contributed by atoms with E-state index in [4.69, 9.17) is 5.73 Å². The lowest BCUT2D eigenvalue weighted by molar-refractivity contribution is 0.628. The number of pyridine rings is 1. The molecule has 2 rings (SSSR count). The van der Waals surface area contributed by atoms with Gasteiger partial charge in [-0.15, -0.1) is 0 Å². The molecular formula is C12H12FN3. The molecule has 1 heterocycles. The molecule has 1 aromatic carbocycles. The van der Waals surface area contributed by atoms with Crippen LogP contribution in [0.3, 0.4) is 0 Å². The molecule has 0 aliphatic carbocycles. The van der Waals surface area contributed by atoms with E-state index < -0.39 is 0 Å². The van der Waals surface area contributed by atoms with Crippen LogP contribution < -0.4 is 10.6 Å². The van der Waals surface area contributed by atoms with Crippen LogP contribution in [-0.4, -0.2) is 12.0 Å². The van der Waals surface area contributed by atoms with Gasteiger partial charge in [0.2, 0.25) is 0 Å². The summed E-state index contributed by atoms with van der Waals surface area (Å²) in [6, 6.07) is 9.90. The number of halogens is 1. The number of nitrogens with zero attached hydrogens (tertiary/aromatic N) is 2. The van der Waals surface area contributed by atoms with Crippen LogP contribution in [-0.2, 0) is 0 Å². The van der Waals surface area contributed by atoms with Crippen molar-refractivity contribution in [1.29, 1.82) is 0 Å². The summed E-state index contributed by atoms with van der Waals surface area (Å²) in [6.07, 6.45) is 1.64. The predicted octanol–water partition coefficient (Wildman–Crippen LogP) is 2.57.